The molecule has 36 heavy (non-hydrogen) atoms. The highest BCUT2D eigenvalue weighted by Gasteiger charge is 2.27. The molecule has 0 fully saturated rings. The topological polar surface area (TPSA) is 76.7 Å². The zero-order valence-corrected chi connectivity index (χ0v) is 23.5. The molecule has 0 unspecified atom stereocenters. The van der Waals surface area contributed by atoms with Gasteiger partial charge in [-0.15, -0.1) is 11.3 Å². The number of benzene rings is 1. The highest BCUT2D eigenvalue weighted by Crippen LogP contribution is 2.39. The van der Waals surface area contributed by atoms with E-state index in [1.807, 2.05) is 6.92 Å². The number of rotatable bonds is 14. The molecule has 0 bridgehead atoms. The van der Waals surface area contributed by atoms with E-state index in [-0.39, 0.29) is 11.8 Å². The molecule has 1 aliphatic carbocycles. The summed E-state index contributed by atoms with van der Waals surface area (Å²) in [5, 5.41) is 7.09. The largest absolute Gasteiger partial charge is 0.490 e. The molecule has 1 aliphatic rings. The van der Waals surface area contributed by atoms with Gasteiger partial charge in [0.1, 0.15) is 5.00 Å². The summed E-state index contributed by atoms with van der Waals surface area (Å²) in [6, 6.07) is 3.12. The van der Waals surface area contributed by atoms with Gasteiger partial charge in [-0.2, -0.15) is 0 Å². The summed E-state index contributed by atoms with van der Waals surface area (Å²) >= 11 is 14.3. The van der Waals surface area contributed by atoms with E-state index in [1.165, 1.54) is 16.2 Å². The van der Waals surface area contributed by atoms with Gasteiger partial charge in [0.05, 0.1) is 22.2 Å². The Balaban J connectivity index is 1.72. The monoisotopic (exact) mass is 554 g/mol. The number of fused-ring (bicyclic) bond motifs is 1. The minimum atomic E-state index is -0.364. The molecule has 198 valence electrons. The van der Waals surface area contributed by atoms with Crippen LogP contribution in [0.4, 0.5) is 5.00 Å². The Morgan fingerprint density at radius 1 is 0.972 bits per heavy atom. The normalized spacial score (nSPS) is 12.8. The number of nitrogens with one attached hydrogen (secondary N) is 2. The molecule has 6 nitrogen and oxygen atoms in total. The lowest BCUT2D eigenvalue weighted by Crippen LogP contribution is -2.27. The Morgan fingerprint density at radius 2 is 1.72 bits per heavy atom. The molecule has 0 spiro atoms. The molecular weight excluding hydrogens is 519 g/mol. The van der Waals surface area contributed by atoms with Gasteiger partial charge in [-0.05, 0) is 63.1 Å². The average molecular weight is 556 g/mol. The van der Waals surface area contributed by atoms with Crippen molar-refractivity contribution in [1.29, 1.82) is 0 Å². The number of hydrogen-bond donors (Lipinski definition) is 2. The van der Waals surface area contributed by atoms with Crippen LogP contribution in [0.2, 0.25) is 10.0 Å². The molecular formula is C27H36Cl2N2O4S. The number of anilines is 1. The van der Waals surface area contributed by atoms with Crippen molar-refractivity contribution >= 4 is 51.4 Å². The number of aryl methyl sites for hydroxylation is 1. The Morgan fingerprint density at radius 3 is 2.44 bits per heavy atom. The maximum absolute atomic E-state index is 13.2. The Hall–Kier alpha value is -1.80. The van der Waals surface area contributed by atoms with Gasteiger partial charge >= 0.3 is 0 Å². The third-order valence-corrected chi connectivity index (χ3v) is 7.85. The zero-order chi connectivity index (χ0) is 25.9. The molecule has 0 saturated carbocycles. The van der Waals surface area contributed by atoms with E-state index in [4.69, 9.17) is 32.7 Å². The van der Waals surface area contributed by atoms with Crippen molar-refractivity contribution in [3.8, 4) is 5.75 Å². The number of thiophene rings is 1. The number of amides is 2. The average Bonchev–Trinajstić information content (AvgIpc) is 3.22. The first-order valence-electron chi connectivity index (χ1n) is 12.9. The second kappa shape index (κ2) is 14.8. The molecule has 0 atom stereocenters. The summed E-state index contributed by atoms with van der Waals surface area (Å²) < 4.78 is 11.1. The number of unbranched alkanes of at least 4 members (excludes halogenated alkanes) is 3. The predicted octanol–water partition coefficient (Wildman–Crippen LogP) is 7.30. The first-order valence-corrected chi connectivity index (χ1v) is 14.5. The van der Waals surface area contributed by atoms with Crippen LogP contribution in [0.15, 0.2) is 12.1 Å². The Kier molecular flexibility index (Phi) is 11.8. The van der Waals surface area contributed by atoms with Gasteiger partial charge in [0.15, 0.2) is 5.75 Å². The molecule has 1 heterocycles. The Labute approximate surface area is 228 Å². The van der Waals surface area contributed by atoms with Crippen molar-refractivity contribution in [2.24, 2.45) is 0 Å². The highest BCUT2D eigenvalue weighted by molar-refractivity contribution is 7.17. The van der Waals surface area contributed by atoms with Crippen molar-refractivity contribution in [3.63, 3.8) is 0 Å². The summed E-state index contributed by atoms with van der Waals surface area (Å²) in [5.41, 5.74) is 1.94. The smallest absolute Gasteiger partial charge is 0.256 e. The maximum atomic E-state index is 13.2. The summed E-state index contributed by atoms with van der Waals surface area (Å²) in [7, 11) is 0. The van der Waals surface area contributed by atoms with E-state index in [1.54, 1.807) is 12.1 Å². The molecule has 9 heteroatoms. The van der Waals surface area contributed by atoms with Crippen LogP contribution in [0.3, 0.4) is 0 Å². The lowest BCUT2D eigenvalue weighted by atomic mass is 9.95. The molecule has 1 aromatic heterocycles. The minimum absolute atomic E-state index is 0.163. The molecule has 1 aromatic carbocycles. The fraction of sp³-hybridized carbons (Fsp3) is 0.556. The molecule has 2 amide bonds. The van der Waals surface area contributed by atoms with Crippen LogP contribution < -0.4 is 15.4 Å². The van der Waals surface area contributed by atoms with E-state index in [0.717, 1.165) is 63.4 Å². The lowest BCUT2D eigenvalue weighted by Gasteiger charge is -2.14. The SMILES string of the molecule is CCCCCCOc1c(Cl)cc(C(=O)Nc2sc3c(c2C(=O)NCCCOCC)CCCC3)cc1Cl. The maximum Gasteiger partial charge on any atom is 0.256 e. The first-order chi connectivity index (χ1) is 17.5. The van der Waals surface area contributed by atoms with Crippen molar-refractivity contribution in [3.05, 3.63) is 43.7 Å². The van der Waals surface area contributed by atoms with Gasteiger partial charge in [-0.1, -0.05) is 49.4 Å². The number of halogens is 2. The fourth-order valence-electron chi connectivity index (χ4n) is 4.21. The summed E-state index contributed by atoms with van der Waals surface area (Å²) in [4.78, 5) is 27.4. The quantitative estimate of drug-likeness (QED) is 0.240. The second-order valence-corrected chi connectivity index (χ2v) is 10.8. The summed E-state index contributed by atoms with van der Waals surface area (Å²) in [5.74, 6) is -0.133. The van der Waals surface area contributed by atoms with Crippen LogP contribution in [-0.2, 0) is 17.6 Å². The molecule has 3 rings (SSSR count). The van der Waals surface area contributed by atoms with Gasteiger partial charge in [-0.3, -0.25) is 9.59 Å². The summed E-state index contributed by atoms with van der Waals surface area (Å²) in [6.07, 6.45) is 8.92. The molecule has 2 aromatic rings. The van der Waals surface area contributed by atoms with Gasteiger partial charge in [-0.25, -0.2) is 0 Å². The van der Waals surface area contributed by atoms with Crippen molar-refractivity contribution in [2.45, 2.75) is 71.6 Å². The van der Waals surface area contributed by atoms with E-state index >= 15 is 0 Å². The van der Waals surface area contributed by atoms with Crippen LogP contribution in [0.5, 0.6) is 5.75 Å². The van der Waals surface area contributed by atoms with Crippen molar-refractivity contribution in [1.82, 2.24) is 5.32 Å². The highest BCUT2D eigenvalue weighted by atomic mass is 35.5. The predicted molar refractivity (Wildman–Crippen MR) is 148 cm³/mol. The second-order valence-electron chi connectivity index (χ2n) is 8.85. The summed E-state index contributed by atoms with van der Waals surface area (Å²) in [6.45, 7) is 6.39. The third-order valence-electron chi connectivity index (χ3n) is 6.09. The van der Waals surface area contributed by atoms with E-state index in [2.05, 4.69) is 17.6 Å². The van der Waals surface area contributed by atoms with Gasteiger partial charge in [0, 0.05) is 30.2 Å². The molecule has 0 aliphatic heterocycles. The van der Waals surface area contributed by atoms with Crippen LogP contribution in [-0.4, -0.2) is 38.2 Å². The zero-order valence-electron chi connectivity index (χ0n) is 21.1. The molecule has 2 N–H and O–H groups in total. The van der Waals surface area contributed by atoms with Gasteiger partial charge < -0.3 is 20.1 Å². The van der Waals surface area contributed by atoms with Crippen LogP contribution in [0.25, 0.3) is 0 Å². The van der Waals surface area contributed by atoms with Crippen LogP contribution >= 0.6 is 34.5 Å². The number of carbonyl (C=O) groups excluding carboxylic acids is 2. The third kappa shape index (κ3) is 7.85. The van der Waals surface area contributed by atoms with Crippen molar-refractivity contribution in [2.75, 3.05) is 31.7 Å². The van der Waals surface area contributed by atoms with Crippen molar-refractivity contribution < 1.29 is 19.1 Å². The van der Waals surface area contributed by atoms with E-state index in [0.29, 0.717) is 58.3 Å². The fourth-order valence-corrected chi connectivity index (χ4v) is 6.09. The molecule has 0 saturated heterocycles. The van der Waals surface area contributed by atoms with Gasteiger partial charge in [0.2, 0.25) is 0 Å². The number of ether oxygens (including phenoxy) is 2. The number of carbonyl (C=O) groups is 2. The lowest BCUT2D eigenvalue weighted by molar-refractivity contribution is 0.0944. The van der Waals surface area contributed by atoms with E-state index in [9.17, 15) is 9.59 Å². The molecule has 0 radical (unpaired) electrons. The van der Waals surface area contributed by atoms with Crippen LogP contribution in [0, 0.1) is 0 Å². The Bertz CT molecular complexity index is 1020. The number of hydrogen-bond acceptors (Lipinski definition) is 5. The van der Waals surface area contributed by atoms with Gasteiger partial charge in [0.25, 0.3) is 11.8 Å². The van der Waals surface area contributed by atoms with Crippen LogP contribution in [0.1, 0.15) is 89.9 Å². The standard InChI is InChI=1S/C27H36Cl2N2O4S/c1-3-5-6-9-15-35-24-20(28)16-18(17-21(24)29)25(32)31-27-23(19-11-7-8-12-22(19)36-27)26(33)30-13-10-14-34-4-2/h16-17H,3-15H2,1-2H3,(H,30,33)(H,31,32). The van der Waals surface area contributed by atoms with E-state index < -0.39 is 0 Å². The first kappa shape index (κ1) is 28.8. The minimum Gasteiger partial charge on any atom is -0.490 e.